The van der Waals surface area contributed by atoms with Gasteiger partial charge in [-0.2, -0.15) is 0 Å². The van der Waals surface area contributed by atoms with Crippen LogP contribution >= 0.6 is 22.7 Å². The van der Waals surface area contributed by atoms with E-state index in [1.807, 2.05) is 22.7 Å². The molecule has 3 heteroatoms. The number of thiazole rings is 1. The lowest BCUT2D eigenvalue weighted by Crippen LogP contribution is -2.24. The van der Waals surface area contributed by atoms with Crippen LogP contribution in [-0.2, 0) is 21.7 Å². The number of thiophene rings is 1. The lowest BCUT2D eigenvalue weighted by atomic mass is 9.76. The van der Waals surface area contributed by atoms with Crippen molar-refractivity contribution in [2.24, 2.45) is 0 Å². The summed E-state index contributed by atoms with van der Waals surface area (Å²) in [5, 5.41) is 5.89. The molecule has 0 bridgehead atoms. The van der Waals surface area contributed by atoms with Gasteiger partial charge in [-0.3, -0.25) is 0 Å². The SMILES string of the molecule is CC(C)(C)c1csc(C(C)(C)CCC(C)(C)c2csc(C(C)(C)C)c2)n1. The van der Waals surface area contributed by atoms with Gasteiger partial charge in [0.15, 0.2) is 0 Å². The summed E-state index contributed by atoms with van der Waals surface area (Å²) >= 11 is 3.74. The third kappa shape index (κ3) is 4.98. The highest BCUT2D eigenvalue weighted by Crippen LogP contribution is 2.40. The van der Waals surface area contributed by atoms with Crippen LogP contribution in [0, 0.1) is 0 Å². The van der Waals surface area contributed by atoms with Crippen LogP contribution in [0.2, 0.25) is 0 Å². The van der Waals surface area contributed by atoms with Crippen molar-refractivity contribution in [3.63, 3.8) is 0 Å². The second-order valence-corrected chi connectivity index (χ2v) is 12.8. The van der Waals surface area contributed by atoms with E-state index in [0.717, 1.165) is 6.42 Å². The van der Waals surface area contributed by atoms with Crippen LogP contribution in [0.1, 0.15) is 103 Å². The molecule has 0 fully saturated rings. The largest absolute Gasteiger partial charge is 0.245 e. The van der Waals surface area contributed by atoms with Gasteiger partial charge in [0.2, 0.25) is 0 Å². The zero-order valence-electron chi connectivity index (χ0n) is 18.4. The van der Waals surface area contributed by atoms with E-state index in [1.54, 1.807) is 0 Å². The Bertz CT molecular complexity index is 669. The molecular weight excluding hydrogens is 354 g/mol. The van der Waals surface area contributed by atoms with E-state index in [1.165, 1.54) is 27.6 Å². The minimum Gasteiger partial charge on any atom is -0.245 e. The molecule has 2 aromatic heterocycles. The maximum absolute atomic E-state index is 4.98. The third-order valence-electron chi connectivity index (χ3n) is 5.35. The summed E-state index contributed by atoms with van der Waals surface area (Å²) in [6.45, 7) is 23.1. The third-order valence-corrected chi connectivity index (χ3v) is 7.91. The second kappa shape index (κ2) is 7.05. The summed E-state index contributed by atoms with van der Waals surface area (Å²) < 4.78 is 0. The normalized spacial score (nSPS) is 14.1. The highest BCUT2D eigenvalue weighted by molar-refractivity contribution is 7.10. The van der Waals surface area contributed by atoms with Crippen molar-refractivity contribution in [2.45, 2.75) is 104 Å². The predicted octanol–water partition coefficient (Wildman–Crippen LogP) is 7.84. The van der Waals surface area contributed by atoms with Crippen LogP contribution in [0.5, 0.6) is 0 Å². The molecule has 0 aliphatic heterocycles. The summed E-state index contributed by atoms with van der Waals surface area (Å²) in [6.07, 6.45) is 2.32. The van der Waals surface area contributed by atoms with Crippen LogP contribution in [0.3, 0.4) is 0 Å². The summed E-state index contributed by atoms with van der Waals surface area (Å²) in [4.78, 5) is 6.46. The number of hydrogen-bond acceptors (Lipinski definition) is 3. The molecule has 0 atom stereocenters. The average Bonchev–Trinajstić information content (AvgIpc) is 3.13. The zero-order chi connectivity index (χ0) is 20.0. The minimum absolute atomic E-state index is 0.119. The number of rotatable bonds is 5. The first-order valence-electron chi connectivity index (χ1n) is 9.69. The lowest BCUT2D eigenvalue weighted by Gasteiger charge is -2.30. The van der Waals surface area contributed by atoms with Crippen molar-refractivity contribution in [3.8, 4) is 0 Å². The Morgan fingerprint density at radius 2 is 1.31 bits per heavy atom. The van der Waals surface area contributed by atoms with E-state index >= 15 is 0 Å². The first-order chi connectivity index (χ1) is 11.6. The van der Waals surface area contributed by atoms with E-state index in [0.29, 0.717) is 0 Å². The number of hydrogen-bond donors (Lipinski definition) is 0. The van der Waals surface area contributed by atoms with Crippen LogP contribution in [0.25, 0.3) is 0 Å². The van der Waals surface area contributed by atoms with Crippen LogP contribution < -0.4 is 0 Å². The molecule has 0 aliphatic carbocycles. The van der Waals surface area contributed by atoms with Crippen LogP contribution in [0.4, 0.5) is 0 Å². The molecule has 0 saturated heterocycles. The molecule has 0 spiro atoms. The van der Waals surface area contributed by atoms with Crippen molar-refractivity contribution in [1.82, 2.24) is 4.98 Å². The molecular formula is C23H37NS2. The van der Waals surface area contributed by atoms with Gasteiger partial charge >= 0.3 is 0 Å². The molecule has 2 aromatic rings. The molecule has 0 radical (unpaired) electrons. The summed E-state index contributed by atoms with van der Waals surface area (Å²) in [7, 11) is 0. The van der Waals surface area contributed by atoms with E-state index in [-0.39, 0.29) is 21.7 Å². The zero-order valence-corrected chi connectivity index (χ0v) is 20.0. The standard InChI is InChI=1S/C23H37NS2/c1-20(2,3)17-15-26-19(24-17)23(9,10)12-11-22(7,8)16-13-18(25-14-16)21(4,5)6/h13-15H,11-12H2,1-10H3. The molecule has 0 saturated carbocycles. The summed E-state index contributed by atoms with van der Waals surface area (Å²) in [5.74, 6) is 0. The topological polar surface area (TPSA) is 12.9 Å². The molecule has 26 heavy (non-hydrogen) atoms. The van der Waals surface area contributed by atoms with Crippen molar-refractivity contribution in [1.29, 1.82) is 0 Å². The second-order valence-electron chi connectivity index (χ2n) is 11.0. The molecule has 0 N–H and O–H groups in total. The lowest BCUT2D eigenvalue weighted by molar-refractivity contribution is 0.373. The smallest absolute Gasteiger partial charge is 0.0984 e. The molecule has 2 heterocycles. The summed E-state index contributed by atoms with van der Waals surface area (Å²) in [5.41, 5.74) is 3.39. The van der Waals surface area contributed by atoms with E-state index in [2.05, 4.69) is 86.1 Å². The summed E-state index contributed by atoms with van der Waals surface area (Å²) in [6, 6.07) is 2.43. The van der Waals surface area contributed by atoms with Crippen LogP contribution in [-0.4, -0.2) is 4.98 Å². The van der Waals surface area contributed by atoms with Gasteiger partial charge in [-0.1, -0.05) is 69.2 Å². The van der Waals surface area contributed by atoms with Crippen molar-refractivity contribution >= 4 is 22.7 Å². The highest BCUT2D eigenvalue weighted by Gasteiger charge is 2.31. The highest BCUT2D eigenvalue weighted by atomic mass is 32.1. The fourth-order valence-corrected chi connectivity index (χ4v) is 5.28. The van der Waals surface area contributed by atoms with Gasteiger partial charge in [0.05, 0.1) is 10.7 Å². The fourth-order valence-electron chi connectivity index (χ4n) is 2.89. The first kappa shape index (κ1) is 21.6. The van der Waals surface area contributed by atoms with Crippen molar-refractivity contribution in [3.05, 3.63) is 38.0 Å². The van der Waals surface area contributed by atoms with Gasteiger partial charge in [0, 0.05) is 21.1 Å². The molecule has 0 aromatic carbocycles. The maximum Gasteiger partial charge on any atom is 0.0984 e. The van der Waals surface area contributed by atoms with E-state index < -0.39 is 0 Å². The molecule has 0 amide bonds. The Hall–Kier alpha value is -0.670. The van der Waals surface area contributed by atoms with Gasteiger partial charge in [0.1, 0.15) is 0 Å². The Kier molecular flexibility index (Phi) is 5.87. The molecule has 0 unspecified atom stereocenters. The van der Waals surface area contributed by atoms with Crippen LogP contribution in [0.15, 0.2) is 16.8 Å². The maximum atomic E-state index is 4.98. The van der Waals surface area contributed by atoms with Crippen molar-refractivity contribution in [2.75, 3.05) is 0 Å². The molecule has 146 valence electrons. The van der Waals surface area contributed by atoms with Gasteiger partial charge in [-0.15, -0.1) is 22.7 Å². The number of nitrogens with zero attached hydrogens (tertiary/aromatic N) is 1. The Morgan fingerprint density at radius 1 is 0.731 bits per heavy atom. The van der Waals surface area contributed by atoms with E-state index in [4.69, 9.17) is 4.98 Å². The molecule has 0 aliphatic rings. The molecule has 2 rings (SSSR count). The van der Waals surface area contributed by atoms with Gasteiger partial charge < -0.3 is 0 Å². The number of aromatic nitrogens is 1. The van der Waals surface area contributed by atoms with Gasteiger partial charge in [0.25, 0.3) is 0 Å². The fraction of sp³-hybridized carbons (Fsp3) is 0.696. The van der Waals surface area contributed by atoms with Gasteiger partial charge in [-0.05, 0) is 40.7 Å². The Balaban J connectivity index is 2.12. The Morgan fingerprint density at radius 3 is 1.77 bits per heavy atom. The quantitative estimate of drug-likeness (QED) is 0.506. The first-order valence-corrected chi connectivity index (χ1v) is 11.4. The van der Waals surface area contributed by atoms with E-state index in [9.17, 15) is 0 Å². The van der Waals surface area contributed by atoms with Crippen molar-refractivity contribution < 1.29 is 0 Å². The minimum atomic E-state index is 0.119. The molecule has 1 nitrogen and oxygen atoms in total. The predicted molar refractivity (Wildman–Crippen MR) is 119 cm³/mol. The average molecular weight is 392 g/mol. The van der Waals surface area contributed by atoms with Gasteiger partial charge in [-0.25, -0.2) is 4.98 Å². The monoisotopic (exact) mass is 391 g/mol. The Labute approximate surface area is 169 Å².